The average molecular weight is 367 g/mol. The van der Waals surface area contributed by atoms with Crippen molar-refractivity contribution in [3.05, 3.63) is 41.7 Å². The number of hydrogen-bond donors (Lipinski definition) is 4. The number of carbonyl (C=O) groups is 1. The molecule has 3 aromatic rings. The van der Waals surface area contributed by atoms with Gasteiger partial charge in [-0.15, -0.1) is 0 Å². The summed E-state index contributed by atoms with van der Waals surface area (Å²) in [5.74, 6) is 0.955. The zero-order valence-electron chi connectivity index (χ0n) is 13.8. The van der Waals surface area contributed by atoms with Crippen molar-refractivity contribution in [2.75, 3.05) is 16.5 Å². The second-order valence-electron chi connectivity index (χ2n) is 6.48. The minimum absolute atomic E-state index is 0.0622. The first-order valence-corrected chi connectivity index (χ1v) is 9.21. The number of imidazole rings is 1. The van der Waals surface area contributed by atoms with E-state index in [9.17, 15) is 4.79 Å². The number of hydrazine groups is 1. The van der Waals surface area contributed by atoms with Gasteiger partial charge in [0.2, 0.25) is 5.91 Å². The van der Waals surface area contributed by atoms with Gasteiger partial charge in [-0.05, 0) is 30.5 Å². The zero-order chi connectivity index (χ0) is 17.7. The minimum atomic E-state index is -0.149. The summed E-state index contributed by atoms with van der Waals surface area (Å²) < 4.78 is 2.04. The van der Waals surface area contributed by atoms with Gasteiger partial charge in [0, 0.05) is 11.6 Å². The third kappa shape index (κ3) is 2.61. The lowest BCUT2D eigenvalue weighted by atomic mass is 10.1. The van der Waals surface area contributed by atoms with Gasteiger partial charge >= 0.3 is 0 Å². The van der Waals surface area contributed by atoms with Crippen LogP contribution in [-0.2, 0) is 4.79 Å². The second-order valence-corrected chi connectivity index (χ2v) is 7.51. The van der Waals surface area contributed by atoms with E-state index in [1.54, 1.807) is 6.33 Å². The second kappa shape index (κ2) is 5.82. The Morgan fingerprint density at radius 3 is 2.88 bits per heavy atom. The molecule has 9 heteroatoms. The molecule has 132 valence electrons. The van der Waals surface area contributed by atoms with Gasteiger partial charge in [0.25, 0.3) is 0 Å². The highest BCUT2D eigenvalue weighted by Crippen LogP contribution is 2.39. The highest BCUT2D eigenvalue weighted by Gasteiger charge is 2.33. The van der Waals surface area contributed by atoms with Crippen molar-refractivity contribution in [3.63, 3.8) is 0 Å². The van der Waals surface area contributed by atoms with Gasteiger partial charge in [-0.2, -0.15) is 0 Å². The van der Waals surface area contributed by atoms with Crippen LogP contribution in [0.2, 0.25) is 0 Å². The van der Waals surface area contributed by atoms with Crippen LogP contribution in [0.3, 0.4) is 0 Å². The molecule has 2 aliphatic rings. The number of aromatic nitrogens is 3. The van der Waals surface area contributed by atoms with Crippen LogP contribution in [0.4, 0.5) is 16.6 Å². The van der Waals surface area contributed by atoms with Gasteiger partial charge in [0.15, 0.2) is 10.9 Å². The number of rotatable bonds is 4. The molecule has 1 unspecified atom stereocenters. The lowest BCUT2D eigenvalue weighted by Crippen LogP contribution is -2.25. The quantitative estimate of drug-likeness (QED) is 0.527. The maximum atomic E-state index is 12.0. The summed E-state index contributed by atoms with van der Waals surface area (Å²) >= 11 is 1.47. The van der Waals surface area contributed by atoms with E-state index < -0.39 is 0 Å². The largest absolute Gasteiger partial charge is 0.399 e. The maximum absolute atomic E-state index is 12.0. The molecule has 0 spiro atoms. The normalized spacial score (nSPS) is 18.4. The van der Waals surface area contributed by atoms with Crippen LogP contribution < -0.4 is 21.9 Å². The summed E-state index contributed by atoms with van der Waals surface area (Å²) in [7, 11) is 0. The number of fused-ring (bicyclic) bond motifs is 1. The Morgan fingerprint density at radius 1 is 1.31 bits per heavy atom. The number of hydrogen-bond acceptors (Lipinski definition) is 7. The highest BCUT2D eigenvalue weighted by molar-refractivity contribution is 7.16. The molecule has 5 N–H and O–H groups in total. The number of amides is 1. The molecule has 1 aliphatic carbocycles. The third-order valence-electron chi connectivity index (χ3n) is 4.56. The minimum Gasteiger partial charge on any atom is -0.399 e. The predicted octanol–water partition coefficient (Wildman–Crippen LogP) is 2.41. The van der Waals surface area contributed by atoms with E-state index in [0.717, 1.165) is 40.5 Å². The summed E-state index contributed by atoms with van der Waals surface area (Å²) in [5, 5.41) is 3.54. The number of nitrogens with one attached hydrogen (secondary N) is 3. The van der Waals surface area contributed by atoms with Crippen LogP contribution >= 0.6 is 11.3 Å². The third-order valence-corrected chi connectivity index (χ3v) is 5.58. The van der Waals surface area contributed by atoms with E-state index in [4.69, 9.17) is 5.73 Å². The Morgan fingerprint density at radius 2 is 2.12 bits per heavy atom. The number of nitrogens with two attached hydrogens (primary N) is 1. The fraction of sp³-hybridized carbons (Fsp3) is 0.235. The van der Waals surface area contributed by atoms with Gasteiger partial charge in [-0.25, -0.2) is 15.4 Å². The van der Waals surface area contributed by atoms with Crippen molar-refractivity contribution in [3.8, 4) is 11.3 Å². The molecule has 2 aromatic heterocycles. The molecule has 26 heavy (non-hydrogen) atoms. The summed E-state index contributed by atoms with van der Waals surface area (Å²) in [4.78, 5) is 21.8. The van der Waals surface area contributed by atoms with Crippen LogP contribution in [0, 0.1) is 5.92 Å². The van der Waals surface area contributed by atoms with Crippen molar-refractivity contribution in [1.82, 2.24) is 20.0 Å². The summed E-state index contributed by atoms with van der Waals surface area (Å²) in [6.45, 7) is 0. The first-order valence-electron chi connectivity index (χ1n) is 8.40. The predicted molar refractivity (Wildman–Crippen MR) is 100 cm³/mol. The molecule has 3 heterocycles. The van der Waals surface area contributed by atoms with Gasteiger partial charge in [0.05, 0.1) is 23.1 Å². The Hall–Kier alpha value is -2.91. The molecule has 8 nitrogen and oxygen atoms in total. The number of benzene rings is 1. The molecule has 1 aliphatic heterocycles. The Kier molecular flexibility index (Phi) is 3.44. The number of thiazole rings is 1. The van der Waals surface area contributed by atoms with Crippen molar-refractivity contribution < 1.29 is 4.79 Å². The van der Waals surface area contributed by atoms with Gasteiger partial charge < -0.3 is 21.0 Å². The van der Waals surface area contributed by atoms with Crippen LogP contribution in [0.25, 0.3) is 11.3 Å². The van der Waals surface area contributed by atoms with Crippen LogP contribution in [0.1, 0.15) is 23.9 Å². The lowest BCUT2D eigenvalue weighted by Gasteiger charge is -2.15. The van der Waals surface area contributed by atoms with Crippen LogP contribution in [0.5, 0.6) is 0 Å². The van der Waals surface area contributed by atoms with E-state index >= 15 is 0 Å². The smallest absolute Gasteiger partial charge is 0.229 e. The molecule has 0 bridgehead atoms. The SMILES string of the molecule is Nc1ccc(-c2cncn2C2NNc3nc(NC(=O)C4CC4)sc32)cc1. The molecule has 1 aromatic carbocycles. The fourth-order valence-corrected chi connectivity index (χ4v) is 3.97. The lowest BCUT2D eigenvalue weighted by molar-refractivity contribution is -0.117. The molecule has 1 fully saturated rings. The number of anilines is 3. The standard InChI is InChI=1S/C17H17N7OS/c18-11-5-3-9(4-6-11)12-7-19-8-24(12)15-13-14(22-23-15)20-17(26-13)21-16(25)10-1-2-10/h3-8,10,15,22-23H,1-2,18H2,(H,20,21,25). The first kappa shape index (κ1) is 15.4. The first-order chi connectivity index (χ1) is 12.7. The van der Waals surface area contributed by atoms with E-state index in [0.29, 0.717) is 5.13 Å². The van der Waals surface area contributed by atoms with Crippen molar-refractivity contribution in [2.24, 2.45) is 5.92 Å². The fourth-order valence-electron chi connectivity index (χ4n) is 3.00. The van der Waals surface area contributed by atoms with E-state index in [1.807, 2.05) is 35.0 Å². The van der Waals surface area contributed by atoms with E-state index in [-0.39, 0.29) is 18.0 Å². The molecule has 0 saturated heterocycles. The van der Waals surface area contributed by atoms with Crippen LogP contribution in [-0.4, -0.2) is 20.4 Å². The molecule has 0 radical (unpaired) electrons. The maximum Gasteiger partial charge on any atom is 0.229 e. The van der Waals surface area contributed by atoms with Crippen molar-refractivity contribution in [1.29, 1.82) is 0 Å². The van der Waals surface area contributed by atoms with Gasteiger partial charge in [0.1, 0.15) is 6.17 Å². The van der Waals surface area contributed by atoms with Crippen LogP contribution in [0.15, 0.2) is 36.8 Å². The van der Waals surface area contributed by atoms with E-state index in [2.05, 4.69) is 26.1 Å². The Labute approximate surface area is 153 Å². The summed E-state index contributed by atoms with van der Waals surface area (Å²) in [6, 6.07) is 7.69. The topological polar surface area (TPSA) is 110 Å². The summed E-state index contributed by atoms with van der Waals surface area (Å²) in [6.07, 6.45) is 5.40. The van der Waals surface area contributed by atoms with Crippen molar-refractivity contribution >= 4 is 33.9 Å². The highest BCUT2D eigenvalue weighted by atomic mass is 32.1. The molecule has 1 amide bonds. The van der Waals surface area contributed by atoms with Gasteiger partial charge in [-0.1, -0.05) is 23.5 Å². The Bertz CT molecular complexity index is 973. The molecule has 1 saturated carbocycles. The number of nitrogens with zero attached hydrogens (tertiary/aromatic N) is 3. The van der Waals surface area contributed by atoms with Gasteiger partial charge in [-0.3, -0.25) is 4.79 Å². The number of carbonyl (C=O) groups excluding carboxylic acids is 1. The monoisotopic (exact) mass is 367 g/mol. The molecule has 5 rings (SSSR count). The van der Waals surface area contributed by atoms with Crippen molar-refractivity contribution in [2.45, 2.75) is 19.0 Å². The molecular weight excluding hydrogens is 350 g/mol. The average Bonchev–Trinajstić information content (AvgIpc) is 3.06. The molecular formula is C17H17N7OS. The zero-order valence-corrected chi connectivity index (χ0v) is 14.6. The summed E-state index contributed by atoms with van der Waals surface area (Å²) in [5.41, 5.74) is 14.8. The van der Waals surface area contributed by atoms with E-state index in [1.165, 1.54) is 11.3 Å². The molecule has 1 atom stereocenters. The number of nitrogen functional groups attached to an aromatic ring is 1. The Balaban J connectivity index is 1.45.